The average Bonchev–Trinajstić information content (AvgIpc) is 2.84. The zero-order chi connectivity index (χ0) is 25.8. The van der Waals surface area contributed by atoms with Crippen LogP contribution in [-0.4, -0.2) is 55.7 Å². The Bertz CT molecular complexity index is 1530. The van der Waals surface area contributed by atoms with E-state index in [1.807, 2.05) is 24.3 Å². The van der Waals surface area contributed by atoms with Crippen molar-refractivity contribution in [2.24, 2.45) is 10.9 Å². The topological polar surface area (TPSA) is 12.4 Å². The number of rotatable bonds is 2. The number of hydrogen-bond acceptors (Lipinski definition) is 2. The number of isothiocyanates is 1. The van der Waals surface area contributed by atoms with Crippen molar-refractivity contribution in [1.29, 1.82) is 0 Å². The van der Waals surface area contributed by atoms with Crippen LogP contribution in [0.4, 0.5) is 5.69 Å². The lowest BCUT2D eigenvalue weighted by atomic mass is 9.84. The molecule has 0 N–H and O–H groups in total. The Balaban J connectivity index is 1.60. The molecule has 0 aliphatic heterocycles. The third-order valence-electron chi connectivity index (χ3n) is 6.21. The van der Waals surface area contributed by atoms with Crippen LogP contribution in [0.2, 0.25) is 6.55 Å². The summed E-state index contributed by atoms with van der Waals surface area (Å²) in [5.41, 5.74) is 7.37. The minimum Gasteiger partial charge on any atom is -0.195 e. The van der Waals surface area contributed by atoms with Gasteiger partial charge in [0.25, 0.3) is 0 Å². The Morgan fingerprint density at radius 2 is 1.67 bits per heavy atom. The van der Waals surface area contributed by atoms with Crippen LogP contribution in [-0.2, 0) is 12.8 Å². The maximum atomic E-state index is 4.78. The van der Waals surface area contributed by atoms with E-state index in [0.717, 1.165) is 72.6 Å². The highest BCUT2D eigenvalue weighted by molar-refractivity contribution is 7.78. The van der Waals surface area contributed by atoms with Gasteiger partial charge in [-0.25, -0.2) is 0 Å². The molecule has 1 aliphatic rings. The van der Waals surface area contributed by atoms with E-state index in [1.165, 1.54) is 17.5 Å². The van der Waals surface area contributed by atoms with E-state index in [1.54, 1.807) is 0 Å². The Morgan fingerprint density at radius 1 is 0.917 bits per heavy atom. The average molecular weight is 554 g/mol. The molecular weight excluding hydrogens is 535 g/mol. The fourth-order valence-electron chi connectivity index (χ4n) is 4.31. The fraction of sp³-hybridized carbons (Fsp3) is 0.207. The van der Waals surface area contributed by atoms with Crippen LogP contribution >= 0.6 is 12.2 Å². The van der Waals surface area contributed by atoms with Crippen molar-refractivity contribution in [2.75, 3.05) is 0 Å². The highest BCUT2D eigenvalue weighted by Crippen LogP contribution is 2.23. The smallest absolute Gasteiger partial charge is 0.0804 e. The first kappa shape index (κ1) is 26.7. The third kappa shape index (κ3) is 5.96. The molecule has 1 unspecified atom stereocenters. The maximum Gasteiger partial charge on any atom is 0.0804 e. The molecule has 166 valence electrons. The highest BCUT2D eigenvalue weighted by Gasteiger charge is 2.19. The van der Waals surface area contributed by atoms with E-state index >= 15 is 0 Å². The summed E-state index contributed by atoms with van der Waals surface area (Å²) < 4.78 is 0. The summed E-state index contributed by atoms with van der Waals surface area (Å²) in [5, 5.41) is 7.46. The van der Waals surface area contributed by atoms with Gasteiger partial charge in [-0.05, 0) is 94.4 Å². The molecule has 1 nitrogen and oxygen atoms in total. The van der Waals surface area contributed by atoms with E-state index < -0.39 is 0 Å². The van der Waals surface area contributed by atoms with E-state index in [9.17, 15) is 0 Å². The van der Waals surface area contributed by atoms with Gasteiger partial charge in [0.2, 0.25) is 0 Å². The third-order valence-corrected chi connectivity index (χ3v) is 8.96. The second-order valence-corrected chi connectivity index (χ2v) is 12.1. The van der Waals surface area contributed by atoms with Crippen LogP contribution in [0, 0.1) is 29.6 Å². The first-order chi connectivity index (χ1) is 17.3. The summed E-state index contributed by atoms with van der Waals surface area (Å²) >= 11 is 4.78. The fourth-order valence-corrected chi connectivity index (χ4v) is 6.87. The predicted molar refractivity (Wildman–Crippen MR) is 160 cm³/mol. The molecule has 7 heteroatoms. The van der Waals surface area contributed by atoms with Crippen molar-refractivity contribution in [3.05, 3.63) is 69.8 Å². The van der Waals surface area contributed by atoms with Gasteiger partial charge in [-0.15, -0.1) is 0 Å². The Labute approximate surface area is 235 Å². The quantitative estimate of drug-likeness (QED) is 0.199. The summed E-state index contributed by atoms with van der Waals surface area (Å²) in [6.07, 6.45) is 3.43. The SMILES string of the molecule is C[Si]c1cc(C#Cc2ccc(C#Cc3c([Si])cc4c(c3[Si])CCC(C)C4)cc2[Si])cc([Si])c1N=C=S. The van der Waals surface area contributed by atoms with Crippen LogP contribution < -0.4 is 25.9 Å². The molecule has 3 aromatic carbocycles. The number of fused-ring (bicyclic) bond motifs is 1. The van der Waals surface area contributed by atoms with Gasteiger partial charge in [-0.2, -0.15) is 4.99 Å². The van der Waals surface area contributed by atoms with Crippen molar-refractivity contribution in [2.45, 2.75) is 32.7 Å². The Morgan fingerprint density at radius 3 is 2.39 bits per heavy atom. The predicted octanol–water partition coefficient (Wildman–Crippen LogP) is 0.898. The van der Waals surface area contributed by atoms with Gasteiger partial charge >= 0.3 is 0 Å². The maximum absolute atomic E-state index is 4.78. The van der Waals surface area contributed by atoms with Gasteiger partial charge in [0.1, 0.15) is 0 Å². The first-order valence-corrected chi connectivity index (χ1v) is 15.4. The number of benzene rings is 3. The summed E-state index contributed by atoms with van der Waals surface area (Å²) in [4.78, 5) is 4.18. The van der Waals surface area contributed by atoms with Crippen molar-refractivity contribution in [1.82, 2.24) is 0 Å². The van der Waals surface area contributed by atoms with Crippen molar-refractivity contribution in [3.8, 4) is 23.7 Å². The molecule has 0 heterocycles. The molecule has 36 heavy (non-hydrogen) atoms. The first-order valence-electron chi connectivity index (χ1n) is 11.5. The standard InChI is InChI=1S/C29H19NSSi5/c1-17-3-9-22-21(11-17)15-25(33)23(29(22)35)10-6-18-4-7-20(24(32)12-18)8-5-19-13-26(34)28(30-16-31)27(14-19)36-2/h4,7,12-15,17H,3,9,11H2,1-2H3. The van der Waals surface area contributed by atoms with Crippen LogP contribution in [0.5, 0.6) is 0 Å². The Hall–Kier alpha value is -2.34. The molecular formula is C29H19NSSi5. The molecule has 0 saturated carbocycles. The summed E-state index contributed by atoms with van der Waals surface area (Å²) in [6.45, 7) is 4.43. The summed E-state index contributed by atoms with van der Waals surface area (Å²) in [6, 6.07) is 12.3. The van der Waals surface area contributed by atoms with E-state index in [4.69, 9.17) is 12.2 Å². The van der Waals surface area contributed by atoms with E-state index in [-0.39, 0.29) is 0 Å². The molecule has 0 aromatic heterocycles. The van der Waals surface area contributed by atoms with Crippen LogP contribution in [0.25, 0.3) is 0 Å². The van der Waals surface area contributed by atoms with Gasteiger partial charge < -0.3 is 0 Å². The number of aliphatic imine (C=N–C) groups is 1. The van der Waals surface area contributed by atoms with Gasteiger partial charge in [0.15, 0.2) is 0 Å². The van der Waals surface area contributed by atoms with E-state index in [2.05, 4.69) is 100 Å². The highest BCUT2D eigenvalue weighted by atomic mass is 32.1. The van der Waals surface area contributed by atoms with Crippen molar-refractivity contribution < 1.29 is 0 Å². The molecule has 14 radical (unpaired) electrons. The zero-order valence-corrected chi connectivity index (χ0v) is 25.8. The van der Waals surface area contributed by atoms with Crippen LogP contribution in [0.15, 0.2) is 41.4 Å². The largest absolute Gasteiger partial charge is 0.195 e. The lowest BCUT2D eigenvalue weighted by Crippen LogP contribution is -2.30. The lowest BCUT2D eigenvalue weighted by Gasteiger charge is -2.25. The molecule has 0 saturated heterocycles. The van der Waals surface area contributed by atoms with Crippen LogP contribution in [0.1, 0.15) is 46.7 Å². The molecule has 1 atom stereocenters. The molecule has 4 rings (SSSR count). The number of nitrogens with zero attached hydrogens (tertiary/aromatic N) is 1. The molecule has 0 fully saturated rings. The molecule has 3 aromatic rings. The second-order valence-electron chi connectivity index (χ2n) is 8.79. The molecule has 1 aliphatic carbocycles. The van der Waals surface area contributed by atoms with Crippen LogP contribution in [0.3, 0.4) is 0 Å². The Kier molecular flexibility index (Phi) is 8.76. The minimum atomic E-state index is 0.573. The molecule has 0 spiro atoms. The molecule has 0 amide bonds. The summed E-state index contributed by atoms with van der Waals surface area (Å²) in [7, 11) is 15.6. The normalized spacial score (nSPS) is 14.0. The van der Waals surface area contributed by atoms with Gasteiger partial charge in [-0.1, -0.05) is 53.6 Å². The van der Waals surface area contributed by atoms with Gasteiger partial charge in [0, 0.05) is 22.3 Å². The van der Waals surface area contributed by atoms with Crippen molar-refractivity contribution >= 4 is 99.5 Å². The number of thiocarbonyl (C=S) groups is 1. The lowest BCUT2D eigenvalue weighted by molar-refractivity contribution is 0.503. The van der Waals surface area contributed by atoms with E-state index in [0.29, 0.717) is 9.52 Å². The minimum absolute atomic E-state index is 0.573. The number of hydrogen-bond donors (Lipinski definition) is 0. The van der Waals surface area contributed by atoms with Gasteiger partial charge in [0.05, 0.1) is 61.3 Å². The second kappa shape index (κ2) is 11.8. The monoisotopic (exact) mass is 553 g/mol. The summed E-state index contributed by atoms with van der Waals surface area (Å²) in [5.74, 6) is 13.9. The zero-order valence-electron chi connectivity index (χ0n) is 20.0. The molecule has 0 bridgehead atoms. The van der Waals surface area contributed by atoms with Gasteiger partial charge in [-0.3, -0.25) is 0 Å². The van der Waals surface area contributed by atoms with Crippen molar-refractivity contribution in [3.63, 3.8) is 0 Å².